The lowest BCUT2D eigenvalue weighted by atomic mass is 10.2. The summed E-state index contributed by atoms with van der Waals surface area (Å²) in [7, 11) is -0.738. The van der Waals surface area contributed by atoms with E-state index in [9.17, 15) is 8.60 Å². The quantitative estimate of drug-likeness (QED) is 0.828. The molecular weight excluding hydrogens is 225 g/mol. The molecule has 0 radical (unpaired) electrons. The van der Waals surface area contributed by atoms with Gasteiger partial charge in [0.2, 0.25) is 0 Å². The van der Waals surface area contributed by atoms with Crippen LogP contribution in [0.4, 0.5) is 4.39 Å². The third-order valence-electron chi connectivity index (χ3n) is 2.38. The normalized spacial score (nSPS) is 14.7. The van der Waals surface area contributed by atoms with Crippen molar-refractivity contribution < 1.29 is 8.60 Å². The standard InChI is InChI=1S/C12H18FNOS/c1-10(6-7-16(2)15)14-9-11-4-3-5-12(13)8-11/h3-5,8,10,14H,6-7,9H2,1-2H3. The molecule has 0 aliphatic carbocycles. The highest BCUT2D eigenvalue weighted by atomic mass is 32.2. The highest BCUT2D eigenvalue weighted by Gasteiger charge is 2.03. The van der Waals surface area contributed by atoms with E-state index in [0.29, 0.717) is 18.3 Å². The molecule has 0 heterocycles. The van der Waals surface area contributed by atoms with E-state index < -0.39 is 10.8 Å². The fourth-order valence-corrected chi connectivity index (χ4v) is 2.07. The maximum atomic E-state index is 12.9. The van der Waals surface area contributed by atoms with Crippen molar-refractivity contribution in [3.05, 3.63) is 35.6 Å². The third-order valence-corrected chi connectivity index (χ3v) is 3.19. The summed E-state index contributed by atoms with van der Waals surface area (Å²) in [4.78, 5) is 0. The summed E-state index contributed by atoms with van der Waals surface area (Å²) in [5, 5.41) is 3.28. The first-order valence-electron chi connectivity index (χ1n) is 5.36. The Morgan fingerprint density at radius 3 is 2.88 bits per heavy atom. The molecule has 0 aliphatic rings. The molecule has 1 aromatic rings. The van der Waals surface area contributed by atoms with Crippen LogP contribution in [-0.4, -0.2) is 22.3 Å². The van der Waals surface area contributed by atoms with Crippen LogP contribution in [0.5, 0.6) is 0 Å². The monoisotopic (exact) mass is 243 g/mol. The van der Waals surface area contributed by atoms with Crippen LogP contribution in [0.3, 0.4) is 0 Å². The molecule has 1 N–H and O–H groups in total. The Morgan fingerprint density at radius 2 is 2.25 bits per heavy atom. The smallest absolute Gasteiger partial charge is 0.123 e. The first-order valence-corrected chi connectivity index (χ1v) is 7.08. The zero-order valence-electron chi connectivity index (χ0n) is 9.70. The van der Waals surface area contributed by atoms with Gasteiger partial charge in [-0.2, -0.15) is 0 Å². The number of halogens is 1. The first-order chi connectivity index (χ1) is 7.58. The molecule has 16 heavy (non-hydrogen) atoms. The molecule has 90 valence electrons. The third kappa shape index (κ3) is 5.37. The van der Waals surface area contributed by atoms with Gasteiger partial charge >= 0.3 is 0 Å². The van der Waals surface area contributed by atoms with Crippen molar-refractivity contribution in [2.75, 3.05) is 12.0 Å². The summed E-state index contributed by atoms with van der Waals surface area (Å²) in [6.45, 7) is 2.70. The van der Waals surface area contributed by atoms with E-state index in [2.05, 4.69) is 5.32 Å². The first kappa shape index (κ1) is 13.3. The molecule has 0 spiro atoms. The van der Waals surface area contributed by atoms with E-state index in [-0.39, 0.29) is 5.82 Å². The fraction of sp³-hybridized carbons (Fsp3) is 0.500. The van der Waals surface area contributed by atoms with E-state index in [1.165, 1.54) is 12.1 Å². The molecule has 0 aliphatic heterocycles. The van der Waals surface area contributed by atoms with Crippen LogP contribution < -0.4 is 5.32 Å². The Kier molecular flexibility index (Phi) is 5.63. The van der Waals surface area contributed by atoms with Gasteiger partial charge in [-0.15, -0.1) is 0 Å². The van der Waals surface area contributed by atoms with Crippen molar-refractivity contribution in [2.24, 2.45) is 0 Å². The van der Waals surface area contributed by atoms with Crippen molar-refractivity contribution >= 4 is 10.8 Å². The number of rotatable bonds is 6. The van der Waals surface area contributed by atoms with Crippen molar-refractivity contribution in [1.29, 1.82) is 0 Å². The summed E-state index contributed by atoms with van der Waals surface area (Å²) in [6, 6.07) is 6.86. The Labute approximate surface area is 98.7 Å². The Hall–Kier alpha value is -0.740. The van der Waals surface area contributed by atoms with Gasteiger partial charge in [-0.3, -0.25) is 4.21 Å². The van der Waals surface area contributed by atoms with E-state index in [1.807, 2.05) is 13.0 Å². The van der Waals surface area contributed by atoms with Crippen LogP contribution in [0.2, 0.25) is 0 Å². The van der Waals surface area contributed by atoms with Gasteiger partial charge in [0.25, 0.3) is 0 Å². The largest absolute Gasteiger partial charge is 0.310 e. The number of nitrogens with one attached hydrogen (secondary N) is 1. The van der Waals surface area contributed by atoms with Gasteiger partial charge in [-0.1, -0.05) is 12.1 Å². The van der Waals surface area contributed by atoms with Gasteiger partial charge < -0.3 is 5.32 Å². The zero-order valence-corrected chi connectivity index (χ0v) is 10.5. The molecule has 1 rings (SSSR count). The molecule has 4 heteroatoms. The summed E-state index contributed by atoms with van der Waals surface area (Å²) < 4.78 is 23.8. The predicted octanol–water partition coefficient (Wildman–Crippen LogP) is 2.07. The Bertz CT molecular complexity index is 357. The summed E-state index contributed by atoms with van der Waals surface area (Å²) >= 11 is 0. The minimum atomic E-state index is -0.738. The number of benzene rings is 1. The van der Waals surface area contributed by atoms with Gasteiger partial charge in [0.15, 0.2) is 0 Å². The highest BCUT2D eigenvalue weighted by molar-refractivity contribution is 7.84. The van der Waals surface area contributed by atoms with Gasteiger partial charge in [-0.05, 0) is 31.0 Å². The van der Waals surface area contributed by atoms with Crippen molar-refractivity contribution in [3.63, 3.8) is 0 Å². The van der Waals surface area contributed by atoms with Crippen LogP contribution in [0.1, 0.15) is 18.9 Å². The molecule has 2 nitrogen and oxygen atoms in total. The second-order valence-electron chi connectivity index (χ2n) is 3.98. The molecule has 0 aromatic heterocycles. The Morgan fingerprint density at radius 1 is 1.50 bits per heavy atom. The SMILES string of the molecule is CC(CCS(C)=O)NCc1cccc(F)c1. The van der Waals surface area contributed by atoms with Gasteiger partial charge in [0.1, 0.15) is 5.82 Å². The van der Waals surface area contributed by atoms with Crippen LogP contribution >= 0.6 is 0 Å². The second kappa shape index (κ2) is 6.76. The summed E-state index contributed by atoms with van der Waals surface area (Å²) in [6.07, 6.45) is 2.58. The zero-order chi connectivity index (χ0) is 12.0. The molecule has 0 fully saturated rings. The van der Waals surface area contributed by atoms with E-state index in [0.717, 1.165) is 12.0 Å². The number of hydrogen-bond acceptors (Lipinski definition) is 2. The average molecular weight is 243 g/mol. The molecule has 1 aromatic carbocycles. The second-order valence-corrected chi connectivity index (χ2v) is 5.53. The van der Waals surface area contributed by atoms with Crippen molar-refractivity contribution in [2.45, 2.75) is 25.9 Å². The van der Waals surface area contributed by atoms with Crippen LogP contribution in [0.25, 0.3) is 0 Å². The summed E-state index contributed by atoms with van der Waals surface area (Å²) in [5.74, 6) is 0.499. The predicted molar refractivity (Wildman–Crippen MR) is 66.3 cm³/mol. The van der Waals surface area contributed by atoms with Crippen molar-refractivity contribution in [3.8, 4) is 0 Å². The van der Waals surface area contributed by atoms with E-state index >= 15 is 0 Å². The maximum Gasteiger partial charge on any atom is 0.123 e. The minimum Gasteiger partial charge on any atom is -0.310 e. The van der Waals surface area contributed by atoms with Crippen molar-refractivity contribution in [1.82, 2.24) is 5.32 Å². The van der Waals surface area contributed by atoms with Crippen LogP contribution in [0.15, 0.2) is 24.3 Å². The van der Waals surface area contributed by atoms with Gasteiger partial charge in [-0.25, -0.2) is 4.39 Å². The minimum absolute atomic E-state index is 0.207. The van der Waals surface area contributed by atoms with Gasteiger partial charge in [0.05, 0.1) is 0 Å². The molecule has 2 atom stereocenters. The molecule has 0 amide bonds. The molecule has 0 saturated carbocycles. The topological polar surface area (TPSA) is 29.1 Å². The Balaban J connectivity index is 2.31. The highest BCUT2D eigenvalue weighted by Crippen LogP contribution is 2.04. The molecule has 0 saturated heterocycles. The van der Waals surface area contributed by atoms with Gasteiger partial charge in [0, 0.05) is 35.4 Å². The van der Waals surface area contributed by atoms with E-state index in [1.54, 1.807) is 12.3 Å². The maximum absolute atomic E-state index is 12.9. The lowest BCUT2D eigenvalue weighted by Gasteiger charge is -2.12. The lowest BCUT2D eigenvalue weighted by Crippen LogP contribution is -2.26. The van der Waals surface area contributed by atoms with Crippen LogP contribution in [0, 0.1) is 5.82 Å². The lowest BCUT2D eigenvalue weighted by molar-refractivity contribution is 0.532. The molecule has 0 bridgehead atoms. The van der Waals surface area contributed by atoms with E-state index in [4.69, 9.17) is 0 Å². The fourth-order valence-electron chi connectivity index (χ4n) is 1.38. The average Bonchev–Trinajstić information content (AvgIpc) is 2.23. The van der Waals surface area contributed by atoms with Crippen LogP contribution in [-0.2, 0) is 17.3 Å². The number of hydrogen-bond donors (Lipinski definition) is 1. The molecule has 2 unspecified atom stereocenters. The molecular formula is C12H18FNOS. The summed E-state index contributed by atoms with van der Waals surface area (Å²) in [5.41, 5.74) is 0.935.